The summed E-state index contributed by atoms with van der Waals surface area (Å²) < 4.78 is 1.91. The lowest BCUT2D eigenvalue weighted by atomic mass is 10.0. The number of aliphatic hydroxyl groups is 1. The summed E-state index contributed by atoms with van der Waals surface area (Å²) in [7, 11) is 0. The van der Waals surface area contributed by atoms with Gasteiger partial charge in [-0.25, -0.2) is 4.98 Å². The molecule has 1 aliphatic carbocycles. The molecule has 0 atom stereocenters. The SMILES string of the molecule is CSc1nc(C(=O)NCC2(O)CCCC2)c2ccccn12. The minimum atomic E-state index is -0.743. The van der Waals surface area contributed by atoms with Crippen molar-refractivity contribution in [3.05, 3.63) is 30.1 Å². The Kier molecular flexibility index (Phi) is 3.91. The lowest BCUT2D eigenvalue weighted by Crippen LogP contribution is -2.40. The van der Waals surface area contributed by atoms with Gasteiger partial charge in [0.2, 0.25) is 0 Å². The first-order valence-corrected chi connectivity index (χ1v) is 8.37. The fourth-order valence-corrected chi connectivity index (χ4v) is 3.40. The number of carbonyl (C=O) groups excluding carboxylic acids is 1. The van der Waals surface area contributed by atoms with Gasteiger partial charge in [0.05, 0.1) is 11.1 Å². The molecule has 1 amide bonds. The third-order valence-electron chi connectivity index (χ3n) is 4.03. The normalized spacial score (nSPS) is 17.2. The van der Waals surface area contributed by atoms with E-state index in [1.807, 2.05) is 35.1 Å². The highest BCUT2D eigenvalue weighted by Gasteiger charge is 2.31. The molecule has 2 aromatic heterocycles. The van der Waals surface area contributed by atoms with Crippen molar-refractivity contribution in [1.82, 2.24) is 14.7 Å². The Bertz CT molecular complexity index is 662. The van der Waals surface area contributed by atoms with Crippen LogP contribution in [0.25, 0.3) is 5.52 Å². The van der Waals surface area contributed by atoms with Gasteiger partial charge in [-0.05, 0) is 31.2 Å². The van der Waals surface area contributed by atoms with Gasteiger partial charge < -0.3 is 10.4 Å². The molecule has 3 rings (SSSR count). The summed E-state index contributed by atoms with van der Waals surface area (Å²) in [6.45, 7) is 0.298. The maximum atomic E-state index is 12.4. The van der Waals surface area contributed by atoms with E-state index in [2.05, 4.69) is 10.3 Å². The van der Waals surface area contributed by atoms with E-state index in [4.69, 9.17) is 0 Å². The predicted molar refractivity (Wildman–Crippen MR) is 82.7 cm³/mol. The predicted octanol–water partition coefficient (Wildman–Crippen LogP) is 2.09. The molecule has 1 aliphatic rings. The Balaban J connectivity index is 1.81. The molecule has 0 unspecified atom stereocenters. The summed E-state index contributed by atoms with van der Waals surface area (Å²) in [5.41, 5.74) is 0.465. The molecule has 112 valence electrons. The summed E-state index contributed by atoms with van der Waals surface area (Å²) >= 11 is 1.50. The van der Waals surface area contributed by atoms with Gasteiger partial charge in [-0.1, -0.05) is 30.7 Å². The van der Waals surface area contributed by atoms with Gasteiger partial charge in [-0.2, -0.15) is 0 Å². The Hall–Kier alpha value is -1.53. The fraction of sp³-hybridized carbons (Fsp3) is 0.467. The van der Waals surface area contributed by atoms with Crippen molar-refractivity contribution in [2.24, 2.45) is 0 Å². The van der Waals surface area contributed by atoms with Gasteiger partial charge in [0.15, 0.2) is 10.9 Å². The van der Waals surface area contributed by atoms with E-state index in [1.54, 1.807) is 0 Å². The maximum Gasteiger partial charge on any atom is 0.272 e. The van der Waals surface area contributed by atoms with Crippen LogP contribution >= 0.6 is 11.8 Å². The Labute approximate surface area is 127 Å². The van der Waals surface area contributed by atoms with Crippen molar-refractivity contribution < 1.29 is 9.90 Å². The topological polar surface area (TPSA) is 66.6 Å². The number of carbonyl (C=O) groups is 1. The average molecular weight is 305 g/mol. The molecule has 2 aromatic rings. The molecule has 0 bridgehead atoms. The number of hydrogen-bond acceptors (Lipinski definition) is 4. The molecule has 21 heavy (non-hydrogen) atoms. The number of thioether (sulfide) groups is 1. The van der Waals surface area contributed by atoms with Crippen molar-refractivity contribution in [2.45, 2.75) is 36.4 Å². The molecule has 1 saturated carbocycles. The van der Waals surface area contributed by atoms with Crippen LogP contribution in [0.15, 0.2) is 29.6 Å². The molecular weight excluding hydrogens is 286 g/mol. The van der Waals surface area contributed by atoms with Crippen LogP contribution in [0.2, 0.25) is 0 Å². The molecule has 0 saturated heterocycles. The summed E-state index contributed by atoms with van der Waals surface area (Å²) in [6, 6.07) is 5.69. The van der Waals surface area contributed by atoms with Crippen LogP contribution in [0.5, 0.6) is 0 Å². The first kappa shape index (κ1) is 14.4. The van der Waals surface area contributed by atoms with Crippen LogP contribution in [-0.2, 0) is 0 Å². The first-order chi connectivity index (χ1) is 10.1. The van der Waals surface area contributed by atoms with E-state index in [9.17, 15) is 9.90 Å². The molecule has 6 heteroatoms. The van der Waals surface area contributed by atoms with Crippen molar-refractivity contribution in [2.75, 3.05) is 12.8 Å². The van der Waals surface area contributed by atoms with Crippen LogP contribution in [0, 0.1) is 0 Å². The molecule has 2 heterocycles. The summed E-state index contributed by atoms with van der Waals surface area (Å²) in [4.78, 5) is 16.8. The number of pyridine rings is 1. The van der Waals surface area contributed by atoms with E-state index >= 15 is 0 Å². The number of amides is 1. The van der Waals surface area contributed by atoms with Crippen molar-refractivity contribution in [3.8, 4) is 0 Å². The summed E-state index contributed by atoms with van der Waals surface area (Å²) in [5, 5.41) is 13.9. The van der Waals surface area contributed by atoms with Crippen LogP contribution < -0.4 is 5.32 Å². The average Bonchev–Trinajstić information content (AvgIpc) is 3.09. The van der Waals surface area contributed by atoms with Crippen LogP contribution in [0.1, 0.15) is 36.2 Å². The van der Waals surface area contributed by atoms with Gasteiger partial charge in [-0.15, -0.1) is 0 Å². The second-order valence-electron chi connectivity index (χ2n) is 5.52. The Morgan fingerprint density at radius 3 is 2.95 bits per heavy atom. The molecule has 0 aliphatic heterocycles. The van der Waals surface area contributed by atoms with Gasteiger partial charge in [-0.3, -0.25) is 9.20 Å². The fourth-order valence-electron chi connectivity index (χ4n) is 2.86. The molecular formula is C15H19N3O2S. The van der Waals surface area contributed by atoms with Gasteiger partial charge >= 0.3 is 0 Å². The van der Waals surface area contributed by atoms with Gasteiger partial charge in [0.1, 0.15) is 0 Å². The van der Waals surface area contributed by atoms with Crippen LogP contribution in [-0.4, -0.2) is 38.8 Å². The van der Waals surface area contributed by atoms with Crippen molar-refractivity contribution >= 4 is 23.2 Å². The second-order valence-corrected chi connectivity index (χ2v) is 6.29. The zero-order valence-corrected chi connectivity index (χ0v) is 12.8. The standard InChI is InChI=1S/C15H19N3O2S/c1-21-14-17-12(11-6-2-5-9-18(11)14)13(19)16-10-15(20)7-3-4-8-15/h2,5-6,9,20H,3-4,7-8,10H2,1H3,(H,16,19). The molecule has 0 radical (unpaired) electrons. The number of hydrogen-bond donors (Lipinski definition) is 2. The van der Waals surface area contributed by atoms with Crippen LogP contribution in [0.3, 0.4) is 0 Å². The Morgan fingerprint density at radius 1 is 1.48 bits per heavy atom. The summed E-state index contributed by atoms with van der Waals surface area (Å²) in [6.07, 6.45) is 7.40. The first-order valence-electron chi connectivity index (χ1n) is 7.15. The monoisotopic (exact) mass is 305 g/mol. The second kappa shape index (κ2) is 5.69. The molecule has 0 aromatic carbocycles. The summed E-state index contributed by atoms with van der Waals surface area (Å²) in [5.74, 6) is -0.223. The van der Waals surface area contributed by atoms with Crippen molar-refractivity contribution in [1.29, 1.82) is 0 Å². The number of nitrogens with zero attached hydrogens (tertiary/aromatic N) is 2. The van der Waals surface area contributed by atoms with E-state index in [-0.39, 0.29) is 5.91 Å². The third kappa shape index (κ3) is 2.78. The number of imidazole rings is 1. The minimum Gasteiger partial charge on any atom is -0.388 e. The van der Waals surface area contributed by atoms with E-state index < -0.39 is 5.60 Å². The third-order valence-corrected chi connectivity index (χ3v) is 4.68. The van der Waals surface area contributed by atoms with E-state index in [1.165, 1.54) is 11.8 Å². The molecule has 0 spiro atoms. The minimum absolute atomic E-state index is 0.223. The molecule has 1 fully saturated rings. The maximum absolute atomic E-state index is 12.4. The van der Waals surface area contributed by atoms with Gasteiger partial charge in [0, 0.05) is 12.7 Å². The number of fused-ring (bicyclic) bond motifs is 1. The highest BCUT2D eigenvalue weighted by Crippen LogP contribution is 2.28. The number of aromatic nitrogens is 2. The highest BCUT2D eigenvalue weighted by molar-refractivity contribution is 7.98. The zero-order valence-electron chi connectivity index (χ0n) is 12.0. The number of nitrogens with one attached hydrogen (secondary N) is 1. The van der Waals surface area contributed by atoms with Crippen molar-refractivity contribution in [3.63, 3.8) is 0 Å². The van der Waals surface area contributed by atoms with Gasteiger partial charge in [0.25, 0.3) is 5.91 Å². The molecule has 2 N–H and O–H groups in total. The molecule has 5 nitrogen and oxygen atoms in total. The van der Waals surface area contributed by atoms with Crippen LogP contribution in [0.4, 0.5) is 0 Å². The highest BCUT2D eigenvalue weighted by atomic mass is 32.2. The smallest absolute Gasteiger partial charge is 0.272 e. The number of rotatable bonds is 4. The largest absolute Gasteiger partial charge is 0.388 e. The van der Waals surface area contributed by atoms with E-state index in [0.717, 1.165) is 36.4 Å². The zero-order chi connectivity index (χ0) is 14.9. The van der Waals surface area contributed by atoms with E-state index in [0.29, 0.717) is 12.2 Å². The Morgan fingerprint density at radius 2 is 2.24 bits per heavy atom. The lowest BCUT2D eigenvalue weighted by Gasteiger charge is -2.21. The quantitative estimate of drug-likeness (QED) is 0.849. The lowest BCUT2D eigenvalue weighted by molar-refractivity contribution is 0.0449.